The Bertz CT molecular complexity index is 937. The van der Waals surface area contributed by atoms with Gasteiger partial charge in [-0.3, -0.25) is 4.99 Å². The molecular weight excluding hydrogens is 465 g/mol. The van der Waals surface area contributed by atoms with E-state index in [2.05, 4.69) is 57.2 Å². The Morgan fingerprint density at radius 2 is 1.96 bits per heavy atom. The van der Waals surface area contributed by atoms with E-state index in [1.54, 1.807) is 7.05 Å². The first-order valence-corrected chi connectivity index (χ1v) is 9.16. The molecule has 150 valence electrons. The molecule has 1 aromatic carbocycles. The molecule has 0 bridgehead atoms. The van der Waals surface area contributed by atoms with Crippen molar-refractivity contribution >= 4 is 35.6 Å². The number of aromatic nitrogens is 2. The molecule has 1 unspecified atom stereocenters. The number of aryl methyl sites for hydroxylation is 2. The van der Waals surface area contributed by atoms with Gasteiger partial charge in [0.05, 0.1) is 18.8 Å². The van der Waals surface area contributed by atoms with Crippen molar-refractivity contribution in [2.45, 2.75) is 33.4 Å². The third-order valence-corrected chi connectivity index (χ3v) is 4.29. The molecule has 2 aromatic heterocycles. The number of imidazole rings is 1. The Hall–Kier alpha value is -2.29. The first kappa shape index (κ1) is 22.0. The number of hydrogen-bond donors (Lipinski definition) is 2. The number of pyridine rings is 1. The summed E-state index contributed by atoms with van der Waals surface area (Å²) in [4.78, 5) is 8.90. The lowest BCUT2D eigenvalue weighted by Gasteiger charge is -2.17. The van der Waals surface area contributed by atoms with Crippen molar-refractivity contribution in [3.05, 3.63) is 65.6 Å². The van der Waals surface area contributed by atoms with E-state index in [1.165, 1.54) is 5.56 Å². The van der Waals surface area contributed by atoms with Gasteiger partial charge in [0.25, 0.3) is 0 Å². The molecular formula is C21H28IN5O. The second-order valence-corrected chi connectivity index (χ2v) is 6.68. The summed E-state index contributed by atoms with van der Waals surface area (Å²) in [5, 5.41) is 6.60. The largest absolute Gasteiger partial charge is 0.489 e. The molecule has 3 rings (SSSR count). The van der Waals surface area contributed by atoms with Crippen LogP contribution in [0.1, 0.15) is 23.9 Å². The number of hydrogen-bond acceptors (Lipinski definition) is 3. The van der Waals surface area contributed by atoms with Crippen LogP contribution in [-0.4, -0.2) is 35.0 Å². The van der Waals surface area contributed by atoms with E-state index in [-0.39, 0.29) is 30.1 Å². The zero-order chi connectivity index (χ0) is 19.2. The Balaban J connectivity index is 0.00000280. The van der Waals surface area contributed by atoms with Gasteiger partial charge in [0.15, 0.2) is 5.96 Å². The van der Waals surface area contributed by atoms with Crippen LogP contribution in [0, 0.1) is 13.8 Å². The number of nitrogens with zero attached hydrogens (tertiary/aromatic N) is 3. The second kappa shape index (κ2) is 10.3. The van der Waals surface area contributed by atoms with Crippen molar-refractivity contribution in [3.63, 3.8) is 0 Å². The molecule has 0 aliphatic heterocycles. The molecule has 7 heteroatoms. The van der Waals surface area contributed by atoms with Gasteiger partial charge in [0.1, 0.15) is 17.5 Å². The number of aliphatic imine (C=N–C) groups is 1. The highest BCUT2D eigenvalue weighted by molar-refractivity contribution is 14.0. The lowest BCUT2D eigenvalue weighted by molar-refractivity contribution is 0.223. The van der Waals surface area contributed by atoms with Crippen molar-refractivity contribution in [1.82, 2.24) is 20.0 Å². The van der Waals surface area contributed by atoms with Crippen molar-refractivity contribution in [2.24, 2.45) is 4.99 Å². The summed E-state index contributed by atoms with van der Waals surface area (Å²) in [6, 6.07) is 14.2. The minimum atomic E-state index is 0. The highest BCUT2D eigenvalue weighted by Crippen LogP contribution is 2.14. The van der Waals surface area contributed by atoms with E-state index in [0.717, 1.165) is 28.7 Å². The lowest BCUT2D eigenvalue weighted by Crippen LogP contribution is -2.41. The summed E-state index contributed by atoms with van der Waals surface area (Å²) >= 11 is 0. The van der Waals surface area contributed by atoms with E-state index in [9.17, 15) is 0 Å². The van der Waals surface area contributed by atoms with Crippen molar-refractivity contribution < 1.29 is 4.74 Å². The molecule has 0 saturated heterocycles. The fraction of sp³-hybridized carbons (Fsp3) is 0.333. The number of ether oxygens (including phenoxy) is 1. The van der Waals surface area contributed by atoms with Crippen LogP contribution in [0.2, 0.25) is 0 Å². The Morgan fingerprint density at radius 1 is 1.18 bits per heavy atom. The van der Waals surface area contributed by atoms with Crippen LogP contribution < -0.4 is 15.4 Å². The van der Waals surface area contributed by atoms with Gasteiger partial charge in [-0.25, -0.2) is 4.98 Å². The topological polar surface area (TPSA) is 63.0 Å². The van der Waals surface area contributed by atoms with Crippen LogP contribution in [0.25, 0.3) is 5.65 Å². The van der Waals surface area contributed by atoms with Crippen molar-refractivity contribution in [3.8, 4) is 5.75 Å². The number of rotatable bonds is 6. The highest BCUT2D eigenvalue weighted by Gasteiger charge is 2.07. The predicted octanol–water partition coefficient (Wildman–Crippen LogP) is 3.70. The zero-order valence-electron chi connectivity index (χ0n) is 16.8. The Labute approximate surface area is 183 Å². The molecule has 2 heterocycles. The SMILES string of the molecule is CN=C(NCc1cn2c(C)cccc2n1)NCC(C)Oc1cccc(C)c1.I. The molecule has 3 aromatic rings. The second-order valence-electron chi connectivity index (χ2n) is 6.68. The smallest absolute Gasteiger partial charge is 0.191 e. The fourth-order valence-electron chi connectivity index (χ4n) is 2.88. The molecule has 0 amide bonds. The van der Waals surface area contributed by atoms with Crippen LogP contribution in [-0.2, 0) is 6.54 Å². The molecule has 0 aliphatic rings. The average Bonchev–Trinajstić information content (AvgIpc) is 3.06. The maximum Gasteiger partial charge on any atom is 0.191 e. The average molecular weight is 493 g/mol. The summed E-state index contributed by atoms with van der Waals surface area (Å²) in [5.41, 5.74) is 4.27. The molecule has 0 radical (unpaired) electrons. The molecule has 2 N–H and O–H groups in total. The first-order valence-electron chi connectivity index (χ1n) is 9.16. The third kappa shape index (κ3) is 5.85. The number of nitrogens with one attached hydrogen (secondary N) is 2. The van der Waals surface area contributed by atoms with Crippen LogP contribution >= 0.6 is 24.0 Å². The summed E-state index contributed by atoms with van der Waals surface area (Å²) in [6.45, 7) is 7.42. The van der Waals surface area contributed by atoms with Gasteiger partial charge < -0.3 is 19.8 Å². The molecule has 0 fully saturated rings. The molecule has 28 heavy (non-hydrogen) atoms. The fourth-order valence-corrected chi connectivity index (χ4v) is 2.88. The molecule has 0 aliphatic carbocycles. The van der Waals surface area contributed by atoms with E-state index >= 15 is 0 Å². The molecule has 0 spiro atoms. The Kier molecular flexibility index (Phi) is 8.10. The normalized spacial score (nSPS) is 12.4. The van der Waals surface area contributed by atoms with Crippen LogP contribution in [0.3, 0.4) is 0 Å². The van der Waals surface area contributed by atoms with Crippen LogP contribution in [0.15, 0.2) is 53.7 Å². The molecule has 1 atom stereocenters. The quantitative estimate of drug-likeness (QED) is 0.313. The van der Waals surface area contributed by atoms with Gasteiger partial charge in [-0.1, -0.05) is 18.2 Å². The van der Waals surface area contributed by atoms with Gasteiger partial charge in [0, 0.05) is 18.9 Å². The van der Waals surface area contributed by atoms with Crippen molar-refractivity contribution in [1.29, 1.82) is 0 Å². The zero-order valence-corrected chi connectivity index (χ0v) is 19.1. The van der Waals surface area contributed by atoms with Gasteiger partial charge in [-0.05, 0) is 50.6 Å². The predicted molar refractivity (Wildman–Crippen MR) is 125 cm³/mol. The first-order chi connectivity index (χ1) is 13.0. The summed E-state index contributed by atoms with van der Waals surface area (Å²) in [6.07, 6.45) is 2.07. The summed E-state index contributed by atoms with van der Waals surface area (Å²) in [5.74, 6) is 1.61. The lowest BCUT2D eigenvalue weighted by atomic mass is 10.2. The van der Waals surface area contributed by atoms with E-state index in [0.29, 0.717) is 13.1 Å². The van der Waals surface area contributed by atoms with Gasteiger partial charge in [-0.15, -0.1) is 24.0 Å². The number of guanidine groups is 1. The van der Waals surface area contributed by atoms with Crippen LogP contribution in [0.5, 0.6) is 5.75 Å². The Morgan fingerprint density at radius 3 is 2.68 bits per heavy atom. The van der Waals surface area contributed by atoms with E-state index in [1.807, 2.05) is 37.3 Å². The molecule has 0 saturated carbocycles. The van der Waals surface area contributed by atoms with Gasteiger partial charge in [-0.2, -0.15) is 0 Å². The summed E-state index contributed by atoms with van der Waals surface area (Å²) < 4.78 is 8.03. The van der Waals surface area contributed by atoms with Crippen LogP contribution in [0.4, 0.5) is 0 Å². The highest BCUT2D eigenvalue weighted by atomic mass is 127. The van der Waals surface area contributed by atoms with Crippen molar-refractivity contribution in [2.75, 3.05) is 13.6 Å². The number of benzene rings is 1. The number of fused-ring (bicyclic) bond motifs is 1. The third-order valence-electron chi connectivity index (χ3n) is 4.29. The van der Waals surface area contributed by atoms with Gasteiger partial charge in [0.2, 0.25) is 0 Å². The maximum absolute atomic E-state index is 5.94. The number of halogens is 1. The van der Waals surface area contributed by atoms with E-state index in [4.69, 9.17) is 4.74 Å². The molecule has 6 nitrogen and oxygen atoms in total. The van der Waals surface area contributed by atoms with Gasteiger partial charge >= 0.3 is 0 Å². The minimum Gasteiger partial charge on any atom is -0.489 e. The monoisotopic (exact) mass is 493 g/mol. The minimum absolute atomic E-state index is 0. The summed E-state index contributed by atoms with van der Waals surface area (Å²) in [7, 11) is 1.76. The van der Waals surface area contributed by atoms with E-state index < -0.39 is 0 Å². The standard InChI is InChI=1S/C21H27N5O.HI/c1-15-7-5-9-19(11-15)27-17(3)12-23-21(22-4)24-13-18-14-26-16(2)8-6-10-20(26)25-18;/h5-11,14,17H,12-13H2,1-4H3,(H2,22,23,24);1H. The maximum atomic E-state index is 5.94.